The highest BCUT2D eigenvalue weighted by molar-refractivity contribution is 7.89. The van der Waals surface area contributed by atoms with E-state index in [0.29, 0.717) is 24.5 Å². The van der Waals surface area contributed by atoms with E-state index in [0.717, 1.165) is 10.5 Å². The fraction of sp³-hybridized carbons (Fsp3) is 0.318. The van der Waals surface area contributed by atoms with E-state index in [2.05, 4.69) is 0 Å². The highest BCUT2D eigenvalue weighted by Crippen LogP contribution is 2.27. The molecule has 3 amide bonds. The van der Waals surface area contributed by atoms with Crippen molar-refractivity contribution in [1.29, 1.82) is 0 Å². The maximum Gasteiger partial charge on any atom is 0.257 e. The van der Waals surface area contributed by atoms with E-state index in [1.165, 1.54) is 24.0 Å². The van der Waals surface area contributed by atoms with Gasteiger partial charge in [-0.2, -0.15) is 0 Å². The lowest BCUT2D eigenvalue weighted by molar-refractivity contribution is -0.136. The third-order valence-corrected chi connectivity index (χ3v) is 6.13. The number of benzene rings is 2. The van der Waals surface area contributed by atoms with Crippen LogP contribution in [0.25, 0.3) is 0 Å². The molecular formula is C22H25N3O6S. The number of nitrogens with two attached hydrogens (primary N) is 1. The van der Waals surface area contributed by atoms with E-state index in [1.54, 1.807) is 36.4 Å². The molecule has 0 saturated carbocycles. The minimum absolute atomic E-state index is 0.00719. The molecule has 0 bridgehead atoms. The molecule has 3 rings (SSSR count). The molecule has 1 aliphatic heterocycles. The molecule has 1 aliphatic rings. The number of amides is 3. The number of carbonyl (C=O) groups is 3. The van der Waals surface area contributed by atoms with Gasteiger partial charge in [0.05, 0.1) is 23.6 Å². The monoisotopic (exact) mass is 459 g/mol. The number of sulfonamides is 1. The Morgan fingerprint density at radius 1 is 1.12 bits per heavy atom. The Kier molecular flexibility index (Phi) is 6.95. The van der Waals surface area contributed by atoms with Gasteiger partial charge in [-0.1, -0.05) is 12.1 Å². The van der Waals surface area contributed by atoms with Gasteiger partial charge in [-0.3, -0.25) is 14.4 Å². The minimum Gasteiger partial charge on any atom is -0.494 e. The summed E-state index contributed by atoms with van der Waals surface area (Å²) < 4.78 is 28.2. The Hall–Kier alpha value is -3.24. The number of carbonyl (C=O) groups excluding carboxylic acids is 3. The minimum atomic E-state index is -3.79. The van der Waals surface area contributed by atoms with Crippen LogP contribution >= 0.6 is 0 Å². The topological polar surface area (TPSA) is 127 Å². The van der Waals surface area contributed by atoms with Crippen LogP contribution in [-0.2, 0) is 30.8 Å². The van der Waals surface area contributed by atoms with E-state index in [-0.39, 0.29) is 29.7 Å². The van der Waals surface area contributed by atoms with E-state index >= 15 is 0 Å². The predicted molar refractivity (Wildman–Crippen MR) is 117 cm³/mol. The molecule has 170 valence electrons. The molecule has 0 unspecified atom stereocenters. The number of nitrogens with zero attached hydrogens (tertiary/aromatic N) is 2. The molecule has 2 N–H and O–H groups in total. The van der Waals surface area contributed by atoms with Crippen LogP contribution in [0.15, 0.2) is 53.4 Å². The fourth-order valence-electron chi connectivity index (χ4n) is 3.62. The first-order valence-corrected chi connectivity index (χ1v) is 11.6. The van der Waals surface area contributed by atoms with Gasteiger partial charge in [0, 0.05) is 13.5 Å². The molecule has 9 nitrogen and oxygen atoms in total. The summed E-state index contributed by atoms with van der Waals surface area (Å²) in [6.45, 7) is 3.91. The molecule has 0 spiro atoms. The number of anilines is 1. The van der Waals surface area contributed by atoms with Crippen LogP contribution in [0.4, 0.5) is 5.69 Å². The lowest BCUT2D eigenvalue weighted by atomic mass is 10.1. The predicted octanol–water partition coefficient (Wildman–Crippen LogP) is 1.46. The zero-order valence-electron chi connectivity index (χ0n) is 17.9. The van der Waals surface area contributed by atoms with Crippen molar-refractivity contribution in [3.63, 3.8) is 0 Å². The number of rotatable bonds is 8. The second-order valence-corrected chi connectivity index (χ2v) is 8.93. The molecule has 32 heavy (non-hydrogen) atoms. The van der Waals surface area contributed by atoms with E-state index in [9.17, 15) is 22.8 Å². The van der Waals surface area contributed by atoms with Crippen LogP contribution in [0.2, 0.25) is 0 Å². The summed E-state index contributed by atoms with van der Waals surface area (Å²) in [6, 6.07) is 11.7. The Morgan fingerprint density at radius 3 is 2.28 bits per heavy atom. The van der Waals surface area contributed by atoms with Crippen LogP contribution in [0.1, 0.15) is 25.8 Å². The Balaban J connectivity index is 1.73. The molecule has 1 saturated heterocycles. The highest BCUT2D eigenvalue weighted by atomic mass is 32.2. The second-order valence-electron chi connectivity index (χ2n) is 7.37. The molecular weight excluding hydrogens is 434 g/mol. The lowest BCUT2D eigenvalue weighted by Crippen LogP contribution is -2.45. The van der Waals surface area contributed by atoms with Gasteiger partial charge >= 0.3 is 0 Å². The molecule has 1 heterocycles. The van der Waals surface area contributed by atoms with Gasteiger partial charge in [-0.05, 0) is 55.3 Å². The summed E-state index contributed by atoms with van der Waals surface area (Å²) in [5.41, 5.74) is 1.19. The first-order chi connectivity index (χ1) is 15.1. The van der Waals surface area contributed by atoms with Gasteiger partial charge in [0.1, 0.15) is 11.8 Å². The standard InChI is InChI=1S/C22H25N3O6S/c1-3-31-18-8-6-17(7-9-18)25-21(27)14-20(22(25)28)24(15(2)26)13-12-16-4-10-19(11-5-16)32(23,29)30/h4-11,20H,3,12-14H2,1-2H3,(H2,23,29,30)/t20-/m0/s1. The van der Waals surface area contributed by atoms with Crippen molar-refractivity contribution in [2.45, 2.75) is 37.6 Å². The summed E-state index contributed by atoms with van der Waals surface area (Å²) in [6.07, 6.45) is 0.279. The lowest BCUT2D eigenvalue weighted by Gasteiger charge is -2.26. The van der Waals surface area contributed by atoms with Crippen molar-refractivity contribution in [2.24, 2.45) is 5.14 Å². The van der Waals surface area contributed by atoms with Crippen LogP contribution in [0, 0.1) is 0 Å². The van der Waals surface area contributed by atoms with Crippen molar-refractivity contribution in [2.75, 3.05) is 18.1 Å². The first kappa shape index (κ1) is 23.4. The van der Waals surface area contributed by atoms with Gasteiger partial charge < -0.3 is 9.64 Å². The molecule has 1 atom stereocenters. The van der Waals surface area contributed by atoms with E-state index in [4.69, 9.17) is 9.88 Å². The molecule has 2 aromatic carbocycles. The van der Waals surface area contributed by atoms with Crippen molar-refractivity contribution < 1.29 is 27.5 Å². The number of hydrogen-bond donors (Lipinski definition) is 1. The summed E-state index contributed by atoms with van der Waals surface area (Å²) in [5, 5.41) is 5.10. The molecule has 2 aromatic rings. The quantitative estimate of drug-likeness (QED) is 0.596. The third kappa shape index (κ3) is 5.14. The Bertz CT molecular complexity index is 1110. The zero-order chi connectivity index (χ0) is 23.5. The molecule has 0 radical (unpaired) electrons. The number of ether oxygens (including phenoxy) is 1. The Morgan fingerprint density at radius 2 is 1.75 bits per heavy atom. The first-order valence-electron chi connectivity index (χ1n) is 10.1. The van der Waals surface area contributed by atoms with Crippen molar-refractivity contribution in [3.8, 4) is 5.75 Å². The molecule has 1 fully saturated rings. The highest BCUT2D eigenvalue weighted by Gasteiger charge is 2.43. The second kappa shape index (κ2) is 9.49. The van der Waals surface area contributed by atoms with Gasteiger partial charge in [0.15, 0.2) is 0 Å². The van der Waals surface area contributed by atoms with Crippen LogP contribution in [0.5, 0.6) is 5.75 Å². The number of hydrogen-bond acceptors (Lipinski definition) is 6. The third-order valence-electron chi connectivity index (χ3n) is 5.20. The maximum atomic E-state index is 13.0. The van der Waals surface area contributed by atoms with Crippen molar-refractivity contribution in [3.05, 3.63) is 54.1 Å². The van der Waals surface area contributed by atoms with Crippen LogP contribution in [-0.4, -0.2) is 50.2 Å². The van der Waals surface area contributed by atoms with E-state index in [1.807, 2.05) is 6.92 Å². The van der Waals surface area contributed by atoms with Gasteiger partial charge in [0.25, 0.3) is 5.91 Å². The summed E-state index contributed by atoms with van der Waals surface area (Å²) in [4.78, 5) is 40.4. The average Bonchev–Trinajstić information content (AvgIpc) is 3.02. The van der Waals surface area contributed by atoms with Gasteiger partial charge in [0.2, 0.25) is 21.8 Å². The average molecular weight is 460 g/mol. The fourth-order valence-corrected chi connectivity index (χ4v) is 4.13. The van der Waals surface area contributed by atoms with Crippen molar-refractivity contribution >= 4 is 33.4 Å². The maximum absolute atomic E-state index is 13.0. The van der Waals surface area contributed by atoms with Crippen LogP contribution in [0.3, 0.4) is 0 Å². The zero-order valence-corrected chi connectivity index (χ0v) is 18.7. The van der Waals surface area contributed by atoms with Crippen LogP contribution < -0.4 is 14.8 Å². The van der Waals surface area contributed by atoms with Gasteiger partial charge in [-0.15, -0.1) is 0 Å². The molecule has 0 aliphatic carbocycles. The summed E-state index contributed by atoms with van der Waals surface area (Å²) >= 11 is 0. The normalized spacial score (nSPS) is 16.3. The summed E-state index contributed by atoms with van der Waals surface area (Å²) in [7, 11) is -3.79. The smallest absolute Gasteiger partial charge is 0.257 e. The molecule has 0 aromatic heterocycles. The number of imide groups is 1. The van der Waals surface area contributed by atoms with Gasteiger partial charge in [-0.25, -0.2) is 18.5 Å². The summed E-state index contributed by atoms with van der Waals surface area (Å²) in [5.74, 6) is -0.539. The van der Waals surface area contributed by atoms with E-state index < -0.39 is 22.0 Å². The molecule has 10 heteroatoms. The largest absolute Gasteiger partial charge is 0.494 e. The number of primary sulfonamides is 1. The SMILES string of the molecule is CCOc1ccc(N2C(=O)C[C@H](N(CCc3ccc(S(N)(=O)=O)cc3)C(C)=O)C2=O)cc1. The Labute approximate surface area is 186 Å². The van der Waals surface area contributed by atoms with Crippen molar-refractivity contribution in [1.82, 2.24) is 4.90 Å².